The molecule has 3 aromatic rings. The lowest BCUT2D eigenvalue weighted by Gasteiger charge is -2.38. The Balaban J connectivity index is 1.54. The fourth-order valence-electron chi connectivity index (χ4n) is 4.78. The van der Waals surface area contributed by atoms with Crippen LogP contribution in [0.5, 0.6) is 0 Å². The maximum atomic E-state index is 13.5. The molecule has 1 aliphatic heterocycles. The zero-order valence-corrected chi connectivity index (χ0v) is 20.8. The number of aryl methyl sites for hydroxylation is 2. The normalized spacial score (nSPS) is 14.3. The van der Waals surface area contributed by atoms with E-state index in [4.69, 9.17) is 0 Å². The van der Waals surface area contributed by atoms with Gasteiger partial charge >= 0.3 is 0 Å². The third-order valence-corrected chi connectivity index (χ3v) is 6.94. The highest BCUT2D eigenvalue weighted by atomic mass is 19.1. The van der Waals surface area contributed by atoms with Crippen molar-refractivity contribution in [1.82, 2.24) is 14.4 Å². The van der Waals surface area contributed by atoms with Crippen LogP contribution in [0.2, 0.25) is 0 Å². The highest BCUT2D eigenvalue weighted by Crippen LogP contribution is 2.28. The van der Waals surface area contributed by atoms with Gasteiger partial charge in [-0.3, -0.25) is 14.4 Å². The van der Waals surface area contributed by atoms with Crippen molar-refractivity contribution >= 4 is 34.2 Å². The average molecular weight is 479 g/mol. The van der Waals surface area contributed by atoms with Gasteiger partial charge in [0.2, 0.25) is 0 Å². The lowest BCUT2D eigenvalue weighted by atomic mass is 9.98. The van der Waals surface area contributed by atoms with Crippen LogP contribution in [-0.4, -0.2) is 72.2 Å². The second kappa shape index (κ2) is 9.52. The van der Waals surface area contributed by atoms with Crippen LogP contribution in [0.4, 0.5) is 10.1 Å². The summed E-state index contributed by atoms with van der Waals surface area (Å²) in [5.74, 6) is -1.52. The van der Waals surface area contributed by atoms with E-state index in [9.17, 15) is 18.8 Å². The molecule has 1 aromatic heterocycles. The van der Waals surface area contributed by atoms with Crippen LogP contribution < -0.4 is 4.90 Å². The number of carbonyl (C=O) groups is 3. The van der Waals surface area contributed by atoms with E-state index in [1.165, 1.54) is 17.0 Å². The number of aromatic nitrogens is 1. The summed E-state index contributed by atoms with van der Waals surface area (Å²) in [5, 5.41) is 0.604. The molecule has 1 fully saturated rings. The highest BCUT2D eigenvalue weighted by Gasteiger charge is 2.28. The molecular weight excluding hydrogens is 447 g/mol. The maximum Gasteiger partial charge on any atom is 0.294 e. The standard InChI is InChI=1S/C27H31FN4O3/c1-17-14-24-22(23(16-30(24)4)25(33)27(35)29(2)3)15-21(17)26(34)32-12-10-20(11-13-32)31(5)19-8-6-18(28)7-9-19/h6-9,14-16,20H,10-13H2,1-5H3. The van der Waals surface area contributed by atoms with Gasteiger partial charge in [-0.05, 0) is 61.7 Å². The number of ketones is 1. The third-order valence-electron chi connectivity index (χ3n) is 6.94. The molecule has 184 valence electrons. The van der Waals surface area contributed by atoms with Crippen molar-refractivity contribution in [3.8, 4) is 0 Å². The molecule has 1 saturated heterocycles. The molecule has 0 aliphatic carbocycles. The number of piperidine rings is 1. The number of likely N-dealkylation sites (tertiary alicyclic amines) is 1. The van der Waals surface area contributed by atoms with Gasteiger partial charge in [-0.2, -0.15) is 0 Å². The molecule has 0 radical (unpaired) electrons. The largest absolute Gasteiger partial charge is 0.371 e. The van der Waals surface area contributed by atoms with Crippen molar-refractivity contribution in [3.63, 3.8) is 0 Å². The van der Waals surface area contributed by atoms with Crippen LogP contribution in [0.3, 0.4) is 0 Å². The van der Waals surface area contributed by atoms with Crippen LogP contribution in [0.1, 0.15) is 39.1 Å². The van der Waals surface area contributed by atoms with Crippen molar-refractivity contribution in [3.05, 3.63) is 65.1 Å². The molecule has 0 saturated carbocycles. The fourth-order valence-corrected chi connectivity index (χ4v) is 4.78. The summed E-state index contributed by atoms with van der Waals surface area (Å²) < 4.78 is 15.1. The zero-order chi connectivity index (χ0) is 25.4. The molecule has 2 aromatic carbocycles. The van der Waals surface area contributed by atoms with E-state index in [1.54, 1.807) is 38.5 Å². The number of likely N-dealkylation sites (N-methyl/N-ethyl adjacent to an activating group) is 1. The maximum absolute atomic E-state index is 13.5. The van der Waals surface area contributed by atoms with E-state index in [2.05, 4.69) is 4.90 Å². The number of carbonyl (C=O) groups excluding carboxylic acids is 3. The Labute approximate surface area is 204 Å². The first kappa shape index (κ1) is 24.4. The van der Waals surface area contributed by atoms with E-state index < -0.39 is 11.7 Å². The van der Waals surface area contributed by atoms with Gasteiger partial charge in [0.15, 0.2) is 0 Å². The minimum Gasteiger partial charge on any atom is -0.371 e. The summed E-state index contributed by atoms with van der Waals surface area (Å²) in [6.45, 7) is 3.10. The van der Waals surface area contributed by atoms with Gasteiger partial charge in [0, 0.05) is 75.7 Å². The third kappa shape index (κ3) is 4.65. The average Bonchev–Trinajstić information content (AvgIpc) is 3.17. The fraction of sp³-hybridized carbons (Fsp3) is 0.370. The molecule has 0 bridgehead atoms. The Hall–Kier alpha value is -3.68. The summed E-state index contributed by atoms with van der Waals surface area (Å²) in [7, 11) is 6.90. The Morgan fingerprint density at radius 3 is 2.20 bits per heavy atom. The highest BCUT2D eigenvalue weighted by molar-refractivity contribution is 6.44. The van der Waals surface area contributed by atoms with Gasteiger partial charge in [0.25, 0.3) is 17.6 Å². The number of benzene rings is 2. The lowest BCUT2D eigenvalue weighted by Crippen LogP contribution is -2.45. The predicted molar refractivity (Wildman–Crippen MR) is 134 cm³/mol. The minimum atomic E-state index is -0.599. The quantitative estimate of drug-likeness (QED) is 0.415. The van der Waals surface area contributed by atoms with Crippen molar-refractivity contribution in [2.24, 2.45) is 7.05 Å². The number of hydrogen-bond acceptors (Lipinski definition) is 4. The molecule has 2 heterocycles. The number of amides is 2. The monoisotopic (exact) mass is 478 g/mol. The van der Waals surface area contributed by atoms with E-state index in [0.717, 1.165) is 29.6 Å². The Morgan fingerprint density at radius 1 is 0.971 bits per heavy atom. The second-order valence-electron chi connectivity index (χ2n) is 9.48. The van der Waals surface area contributed by atoms with E-state index in [1.807, 2.05) is 36.6 Å². The first-order chi connectivity index (χ1) is 16.6. The molecule has 35 heavy (non-hydrogen) atoms. The van der Waals surface area contributed by atoms with Gasteiger partial charge in [0.05, 0.1) is 5.56 Å². The number of Topliss-reactive ketones (excluding diaryl/α,β-unsaturated/α-hetero) is 1. The summed E-state index contributed by atoms with van der Waals surface area (Å²) in [4.78, 5) is 43.8. The molecule has 7 nitrogen and oxygen atoms in total. The molecule has 2 amide bonds. The minimum absolute atomic E-state index is 0.0755. The van der Waals surface area contributed by atoms with Crippen molar-refractivity contribution in [2.45, 2.75) is 25.8 Å². The van der Waals surface area contributed by atoms with E-state index >= 15 is 0 Å². The first-order valence-corrected chi connectivity index (χ1v) is 11.7. The molecule has 0 unspecified atom stereocenters. The van der Waals surface area contributed by atoms with Crippen LogP contribution >= 0.6 is 0 Å². The number of rotatable bonds is 5. The molecular formula is C27H31FN4O3. The predicted octanol–water partition coefficient (Wildman–Crippen LogP) is 3.64. The number of hydrogen-bond donors (Lipinski definition) is 0. The Morgan fingerprint density at radius 2 is 1.60 bits per heavy atom. The van der Waals surface area contributed by atoms with E-state index in [0.29, 0.717) is 29.6 Å². The van der Waals surface area contributed by atoms with Gasteiger partial charge in [0.1, 0.15) is 5.82 Å². The van der Waals surface area contributed by atoms with Crippen molar-refractivity contribution in [2.75, 3.05) is 39.1 Å². The smallest absolute Gasteiger partial charge is 0.294 e. The lowest BCUT2D eigenvalue weighted by molar-refractivity contribution is -0.124. The first-order valence-electron chi connectivity index (χ1n) is 11.7. The van der Waals surface area contributed by atoms with Gasteiger partial charge < -0.3 is 19.3 Å². The topological polar surface area (TPSA) is 65.9 Å². The van der Waals surface area contributed by atoms with Crippen LogP contribution in [0, 0.1) is 12.7 Å². The second-order valence-corrected chi connectivity index (χ2v) is 9.48. The van der Waals surface area contributed by atoms with E-state index in [-0.39, 0.29) is 17.8 Å². The summed E-state index contributed by atoms with van der Waals surface area (Å²) >= 11 is 0. The SMILES string of the molecule is Cc1cc2c(cc1C(=O)N1CCC(N(C)c3ccc(F)cc3)CC1)c(C(=O)C(=O)N(C)C)cn2C. The van der Waals surface area contributed by atoms with Gasteiger partial charge in [-0.15, -0.1) is 0 Å². The molecule has 4 rings (SSSR count). The van der Waals surface area contributed by atoms with Crippen LogP contribution in [-0.2, 0) is 11.8 Å². The zero-order valence-electron chi connectivity index (χ0n) is 20.8. The summed E-state index contributed by atoms with van der Waals surface area (Å²) in [5.41, 5.74) is 3.42. The Kier molecular flexibility index (Phi) is 6.65. The number of nitrogens with zero attached hydrogens (tertiary/aromatic N) is 4. The van der Waals surface area contributed by atoms with Gasteiger partial charge in [-0.1, -0.05) is 0 Å². The molecule has 1 aliphatic rings. The number of halogens is 1. The van der Waals surface area contributed by atoms with Crippen LogP contribution in [0.25, 0.3) is 10.9 Å². The Bertz CT molecular complexity index is 1290. The molecule has 0 atom stereocenters. The van der Waals surface area contributed by atoms with Crippen molar-refractivity contribution in [1.29, 1.82) is 0 Å². The summed E-state index contributed by atoms with van der Waals surface area (Å²) in [6, 6.07) is 10.4. The van der Waals surface area contributed by atoms with Crippen molar-refractivity contribution < 1.29 is 18.8 Å². The van der Waals surface area contributed by atoms with Crippen LogP contribution in [0.15, 0.2) is 42.6 Å². The van der Waals surface area contributed by atoms with Gasteiger partial charge in [-0.25, -0.2) is 4.39 Å². The summed E-state index contributed by atoms with van der Waals surface area (Å²) in [6.07, 6.45) is 3.25. The molecule has 0 spiro atoms. The molecule has 0 N–H and O–H groups in total. The number of anilines is 1. The molecule has 8 heteroatoms. The number of fused-ring (bicyclic) bond motifs is 1.